The zero-order valence-electron chi connectivity index (χ0n) is 23.4. The number of aromatic nitrogens is 3. The number of nitrogens with zero attached hydrogens (tertiary/aromatic N) is 4. The predicted octanol–water partition coefficient (Wildman–Crippen LogP) is 3.36. The molecule has 11 nitrogen and oxygen atoms in total. The lowest BCUT2D eigenvalue weighted by atomic mass is 9.91. The molecule has 3 rings (SSSR count). The topological polar surface area (TPSA) is 161 Å². The molecule has 3 amide bonds. The molecule has 0 saturated carbocycles. The van der Waals surface area contributed by atoms with Gasteiger partial charge in [0.2, 0.25) is 11.8 Å². The summed E-state index contributed by atoms with van der Waals surface area (Å²) in [6.07, 6.45) is 2.54. The zero-order valence-corrected chi connectivity index (χ0v) is 24.3. The molecule has 4 N–H and O–H groups in total. The smallest absolute Gasteiger partial charge is 0.405 e. The van der Waals surface area contributed by atoms with Gasteiger partial charge in [0.1, 0.15) is 11.6 Å². The number of hydrogen-bond donors (Lipinski definition) is 3. The van der Waals surface area contributed by atoms with Gasteiger partial charge in [0.25, 0.3) is 0 Å². The van der Waals surface area contributed by atoms with Crippen molar-refractivity contribution in [2.24, 2.45) is 11.1 Å². The van der Waals surface area contributed by atoms with Gasteiger partial charge in [-0.3, -0.25) is 9.59 Å². The molecule has 0 spiro atoms. The van der Waals surface area contributed by atoms with Crippen LogP contribution in [0.3, 0.4) is 0 Å². The summed E-state index contributed by atoms with van der Waals surface area (Å²) < 4.78 is 4.58. The molecule has 3 atom stereocenters. The molecule has 1 aliphatic rings. The van der Waals surface area contributed by atoms with Crippen molar-refractivity contribution in [1.29, 1.82) is 0 Å². The molecule has 1 unspecified atom stereocenters. The number of aryl methyl sites for hydroxylation is 1. The summed E-state index contributed by atoms with van der Waals surface area (Å²) in [4.78, 5) is 51.0. The number of primary amides is 1. The van der Waals surface area contributed by atoms with Crippen LogP contribution in [-0.2, 0) is 14.3 Å². The van der Waals surface area contributed by atoms with Crippen molar-refractivity contribution in [3.05, 3.63) is 29.2 Å². The second-order valence-electron chi connectivity index (χ2n) is 11.6. The first-order valence-electron chi connectivity index (χ1n) is 12.5. The number of rotatable bonds is 5. The fourth-order valence-electron chi connectivity index (χ4n) is 3.78. The first-order chi connectivity index (χ1) is 17.5. The Morgan fingerprint density at radius 1 is 1.18 bits per heavy atom. The van der Waals surface area contributed by atoms with E-state index in [1.54, 1.807) is 38.7 Å². The van der Waals surface area contributed by atoms with Crippen LogP contribution >= 0.6 is 11.3 Å². The van der Waals surface area contributed by atoms with Crippen LogP contribution in [0, 0.1) is 12.3 Å². The van der Waals surface area contributed by atoms with Crippen molar-refractivity contribution in [2.75, 3.05) is 6.54 Å². The standard InChI is InChI=1S/C21H29N5O3S.C5H11NO2/c1-12(14-8-22-19(23-9-14)18-13(2)24-11-30-18)25-20(29)16-6-15(27)10-26(16)17(28)7-21(3,4)5;1-5(2,3)8-4(6)7/h8-9,11-12,15-16,27H,6-7,10H2,1-5H3,(H,25,29);1-3H3,(H2,6,7)/t12?,15-,16+;/m1./s1. The molecule has 0 bridgehead atoms. The normalized spacial score (nSPS) is 18.3. The highest BCUT2D eigenvalue weighted by molar-refractivity contribution is 7.13. The molecule has 1 aliphatic heterocycles. The molecule has 38 heavy (non-hydrogen) atoms. The highest BCUT2D eigenvalue weighted by Crippen LogP contribution is 2.26. The molecule has 2 aromatic rings. The van der Waals surface area contributed by atoms with Crippen molar-refractivity contribution in [1.82, 2.24) is 25.2 Å². The van der Waals surface area contributed by atoms with E-state index in [1.807, 2.05) is 34.6 Å². The molecular formula is C26H40N6O5S. The van der Waals surface area contributed by atoms with Crippen molar-refractivity contribution in [2.45, 2.75) is 92.0 Å². The summed E-state index contributed by atoms with van der Waals surface area (Å²) in [7, 11) is 0. The van der Waals surface area contributed by atoms with E-state index in [0.717, 1.165) is 16.1 Å². The summed E-state index contributed by atoms with van der Waals surface area (Å²) in [5.74, 6) is 0.221. The number of carbonyl (C=O) groups is 3. The highest BCUT2D eigenvalue weighted by atomic mass is 32.1. The molecular weight excluding hydrogens is 508 g/mol. The lowest BCUT2D eigenvalue weighted by Crippen LogP contribution is -2.47. The average Bonchev–Trinajstić information content (AvgIpc) is 3.37. The highest BCUT2D eigenvalue weighted by Gasteiger charge is 2.40. The molecule has 3 heterocycles. The zero-order chi connectivity index (χ0) is 28.8. The lowest BCUT2D eigenvalue weighted by Gasteiger charge is -2.28. The van der Waals surface area contributed by atoms with Gasteiger partial charge in [-0.1, -0.05) is 20.8 Å². The summed E-state index contributed by atoms with van der Waals surface area (Å²) in [5.41, 5.74) is 7.48. The van der Waals surface area contributed by atoms with Gasteiger partial charge < -0.3 is 25.8 Å². The number of amides is 3. The number of β-amino-alcohol motifs (C(OH)–C–C–N with tert-alkyl or cyclic N) is 1. The number of nitrogens with two attached hydrogens (primary N) is 1. The summed E-state index contributed by atoms with van der Waals surface area (Å²) in [5, 5.41) is 13.0. The number of nitrogens with one attached hydrogen (secondary N) is 1. The number of likely N-dealkylation sites (tertiary alicyclic amines) is 1. The van der Waals surface area contributed by atoms with Gasteiger partial charge in [0.05, 0.1) is 28.2 Å². The molecule has 0 radical (unpaired) electrons. The van der Waals surface area contributed by atoms with Crippen molar-refractivity contribution in [3.8, 4) is 10.7 Å². The minimum Gasteiger partial charge on any atom is -0.444 e. The maximum atomic E-state index is 12.9. The van der Waals surface area contributed by atoms with Crippen LogP contribution in [0.2, 0.25) is 0 Å². The van der Waals surface area contributed by atoms with Crippen LogP contribution in [0.5, 0.6) is 0 Å². The Hall–Kier alpha value is -3.12. The van der Waals surface area contributed by atoms with E-state index in [-0.39, 0.29) is 36.2 Å². The summed E-state index contributed by atoms with van der Waals surface area (Å²) >= 11 is 1.48. The summed E-state index contributed by atoms with van der Waals surface area (Å²) in [6, 6.07) is -0.997. The van der Waals surface area contributed by atoms with Gasteiger partial charge in [-0.25, -0.2) is 19.7 Å². The number of hydrogen-bond acceptors (Lipinski definition) is 9. The van der Waals surface area contributed by atoms with E-state index in [0.29, 0.717) is 12.2 Å². The average molecular weight is 549 g/mol. The number of carbonyl (C=O) groups excluding carboxylic acids is 3. The third-order valence-electron chi connectivity index (χ3n) is 5.47. The second-order valence-corrected chi connectivity index (χ2v) is 12.4. The molecule has 12 heteroatoms. The first-order valence-corrected chi connectivity index (χ1v) is 13.3. The molecule has 1 saturated heterocycles. The lowest BCUT2D eigenvalue weighted by molar-refractivity contribution is -0.140. The largest absolute Gasteiger partial charge is 0.444 e. The van der Waals surface area contributed by atoms with Crippen molar-refractivity contribution >= 4 is 29.2 Å². The van der Waals surface area contributed by atoms with Crippen LogP contribution in [0.1, 0.15) is 78.6 Å². The summed E-state index contributed by atoms with van der Waals surface area (Å²) in [6.45, 7) is 15.2. The number of thiazole rings is 1. The Labute approximate surface area is 228 Å². The van der Waals surface area contributed by atoms with Crippen LogP contribution < -0.4 is 11.1 Å². The minimum absolute atomic E-state index is 0.112. The minimum atomic E-state index is -0.725. The Morgan fingerprint density at radius 2 is 1.79 bits per heavy atom. The maximum absolute atomic E-state index is 12.9. The van der Waals surface area contributed by atoms with E-state index in [2.05, 4.69) is 25.0 Å². The van der Waals surface area contributed by atoms with E-state index >= 15 is 0 Å². The van der Waals surface area contributed by atoms with Gasteiger partial charge in [0.15, 0.2) is 5.82 Å². The molecule has 0 aliphatic carbocycles. The molecule has 210 valence electrons. The Kier molecular flexibility index (Phi) is 10.3. The fraction of sp³-hybridized carbons (Fsp3) is 0.615. The Bertz CT molecular complexity index is 1110. The Balaban J connectivity index is 0.000000550. The molecule has 0 aromatic carbocycles. The maximum Gasteiger partial charge on any atom is 0.405 e. The van der Waals surface area contributed by atoms with Crippen LogP contribution in [0.25, 0.3) is 10.7 Å². The fourth-order valence-corrected chi connectivity index (χ4v) is 4.53. The molecule has 1 fully saturated rings. The number of ether oxygens (including phenoxy) is 1. The van der Waals surface area contributed by atoms with Gasteiger partial charge in [0, 0.05) is 37.3 Å². The van der Waals surface area contributed by atoms with E-state index in [4.69, 9.17) is 5.73 Å². The quantitative estimate of drug-likeness (QED) is 0.512. The van der Waals surface area contributed by atoms with Crippen molar-refractivity contribution < 1.29 is 24.2 Å². The Morgan fingerprint density at radius 3 is 2.24 bits per heavy atom. The first kappa shape index (κ1) is 31.1. The van der Waals surface area contributed by atoms with Gasteiger partial charge >= 0.3 is 6.09 Å². The number of aliphatic hydroxyl groups excluding tert-OH is 1. The van der Waals surface area contributed by atoms with Crippen LogP contribution in [0.4, 0.5) is 4.79 Å². The second kappa shape index (κ2) is 12.6. The van der Waals surface area contributed by atoms with E-state index in [9.17, 15) is 19.5 Å². The predicted molar refractivity (Wildman–Crippen MR) is 145 cm³/mol. The SMILES string of the molecule is CC(C)(C)OC(N)=O.Cc1ncsc1-c1ncc(C(C)NC(=O)[C@@H]2C[C@@H](O)CN2C(=O)CC(C)(C)C)cn1. The van der Waals surface area contributed by atoms with Crippen LogP contribution in [0.15, 0.2) is 17.9 Å². The van der Waals surface area contributed by atoms with Gasteiger partial charge in [-0.15, -0.1) is 11.3 Å². The third-order valence-corrected chi connectivity index (χ3v) is 6.39. The van der Waals surface area contributed by atoms with Crippen LogP contribution in [-0.4, -0.2) is 67.2 Å². The van der Waals surface area contributed by atoms with E-state index < -0.39 is 23.8 Å². The van der Waals surface area contributed by atoms with Gasteiger partial charge in [-0.2, -0.15) is 0 Å². The molecule has 2 aromatic heterocycles. The third kappa shape index (κ3) is 9.64. The van der Waals surface area contributed by atoms with Gasteiger partial charge in [-0.05, 0) is 40.0 Å². The number of aliphatic hydroxyl groups is 1. The monoisotopic (exact) mass is 548 g/mol. The van der Waals surface area contributed by atoms with E-state index in [1.165, 1.54) is 16.2 Å². The van der Waals surface area contributed by atoms with Crippen molar-refractivity contribution in [3.63, 3.8) is 0 Å².